The zero-order chi connectivity index (χ0) is 16.5. The van der Waals surface area contributed by atoms with E-state index in [1.54, 1.807) is 6.92 Å². The average Bonchev–Trinajstić information content (AvgIpc) is 3.19. The summed E-state index contributed by atoms with van der Waals surface area (Å²) in [5, 5.41) is 3.84. The molecule has 0 fully saturated rings. The summed E-state index contributed by atoms with van der Waals surface area (Å²) >= 11 is 0. The Bertz CT molecular complexity index is 1080. The van der Waals surface area contributed by atoms with Crippen LogP contribution in [0.3, 0.4) is 0 Å². The van der Waals surface area contributed by atoms with Crippen LogP contribution in [-0.4, -0.2) is 19.5 Å². The smallest absolute Gasteiger partial charge is 0.259 e. The van der Waals surface area contributed by atoms with Crippen molar-refractivity contribution in [2.75, 3.05) is 0 Å². The highest BCUT2D eigenvalue weighted by molar-refractivity contribution is 5.69. The lowest BCUT2D eigenvalue weighted by Crippen LogP contribution is -1.94. The van der Waals surface area contributed by atoms with Crippen molar-refractivity contribution in [1.82, 2.24) is 19.5 Å². The van der Waals surface area contributed by atoms with Crippen LogP contribution >= 0.6 is 0 Å². The molecule has 3 heterocycles. The van der Waals surface area contributed by atoms with E-state index in [4.69, 9.17) is 4.52 Å². The molecule has 0 saturated heterocycles. The fraction of sp³-hybridized carbons (Fsp3) is 0.105. The van der Waals surface area contributed by atoms with Gasteiger partial charge in [-0.3, -0.25) is 0 Å². The lowest BCUT2D eigenvalue weighted by Gasteiger charge is -1.99. The fourth-order valence-corrected chi connectivity index (χ4v) is 2.52. The van der Waals surface area contributed by atoms with E-state index in [1.807, 2.05) is 60.1 Å². The van der Waals surface area contributed by atoms with E-state index in [2.05, 4.69) is 27.0 Å². The monoisotopic (exact) mass is 314 g/mol. The number of aryl methyl sites for hydroxylation is 2. The van der Waals surface area contributed by atoms with Gasteiger partial charge in [0.05, 0.1) is 16.8 Å². The second kappa shape index (κ2) is 5.67. The van der Waals surface area contributed by atoms with Gasteiger partial charge in [-0.05, 0) is 38.0 Å². The van der Waals surface area contributed by atoms with Crippen LogP contribution in [0, 0.1) is 25.7 Å². The van der Waals surface area contributed by atoms with Crippen LogP contribution in [0.5, 0.6) is 0 Å². The normalized spacial score (nSPS) is 10.6. The van der Waals surface area contributed by atoms with Crippen LogP contribution in [0.25, 0.3) is 17.0 Å². The highest BCUT2D eigenvalue weighted by Gasteiger charge is 2.12. The van der Waals surface area contributed by atoms with Crippen LogP contribution in [0.1, 0.15) is 22.8 Å². The van der Waals surface area contributed by atoms with E-state index >= 15 is 0 Å². The Morgan fingerprint density at radius 1 is 1.00 bits per heavy atom. The predicted octanol–water partition coefficient (Wildman–Crippen LogP) is 3.40. The molecule has 116 valence electrons. The van der Waals surface area contributed by atoms with Gasteiger partial charge in [0.2, 0.25) is 0 Å². The quantitative estimate of drug-likeness (QED) is 0.505. The first-order valence-corrected chi connectivity index (χ1v) is 7.56. The molecule has 1 aromatic carbocycles. The molecule has 0 aliphatic rings. The van der Waals surface area contributed by atoms with Crippen LogP contribution in [0.4, 0.5) is 0 Å². The molecular formula is C19H14N4O. The van der Waals surface area contributed by atoms with Crippen LogP contribution in [0.2, 0.25) is 0 Å². The summed E-state index contributed by atoms with van der Waals surface area (Å²) in [6.45, 7) is 3.74. The van der Waals surface area contributed by atoms with Crippen LogP contribution in [-0.2, 0) is 0 Å². The van der Waals surface area contributed by atoms with Gasteiger partial charge in [0, 0.05) is 18.0 Å². The first-order chi connectivity index (χ1) is 11.7. The van der Waals surface area contributed by atoms with Crippen molar-refractivity contribution in [3.05, 3.63) is 71.6 Å². The van der Waals surface area contributed by atoms with Crippen LogP contribution < -0.4 is 0 Å². The van der Waals surface area contributed by atoms with E-state index in [0.29, 0.717) is 11.7 Å². The third-order valence-electron chi connectivity index (χ3n) is 3.58. The maximum Gasteiger partial charge on any atom is 0.259 e. The molecule has 0 aliphatic carbocycles. The third kappa shape index (κ3) is 2.66. The summed E-state index contributed by atoms with van der Waals surface area (Å²) < 4.78 is 7.24. The van der Waals surface area contributed by atoms with Gasteiger partial charge in [-0.25, -0.2) is 4.98 Å². The van der Waals surface area contributed by atoms with E-state index in [9.17, 15) is 0 Å². The highest BCUT2D eigenvalue weighted by Crippen LogP contribution is 2.22. The van der Waals surface area contributed by atoms with Crippen molar-refractivity contribution < 1.29 is 4.52 Å². The summed E-state index contributed by atoms with van der Waals surface area (Å²) in [5.74, 6) is 7.43. The second-order valence-electron chi connectivity index (χ2n) is 5.51. The van der Waals surface area contributed by atoms with Crippen molar-refractivity contribution in [1.29, 1.82) is 0 Å². The Labute approximate surface area is 139 Å². The van der Waals surface area contributed by atoms with Crippen molar-refractivity contribution in [3.8, 4) is 23.3 Å². The van der Waals surface area contributed by atoms with Gasteiger partial charge in [0.15, 0.2) is 5.82 Å². The maximum absolute atomic E-state index is 5.25. The second-order valence-corrected chi connectivity index (χ2v) is 5.51. The summed E-state index contributed by atoms with van der Waals surface area (Å²) in [5.41, 5.74) is 4.34. The summed E-state index contributed by atoms with van der Waals surface area (Å²) in [6.07, 6.45) is 3.90. The first kappa shape index (κ1) is 14.2. The molecular weight excluding hydrogens is 300 g/mol. The van der Waals surface area contributed by atoms with Gasteiger partial charge >= 0.3 is 0 Å². The Kier molecular flexibility index (Phi) is 3.36. The largest absolute Gasteiger partial charge is 0.334 e. The molecule has 0 N–H and O–H groups in total. The molecule has 0 radical (unpaired) electrons. The van der Waals surface area contributed by atoms with Crippen molar-refractivity contribution in [2.24, 2.45) is 0 Å². The topological polar surface area (TPSA) is 56.2 Å². The number of benzene rings is 1. The summed E-state index contributed by atoms with van der Waals surface area (Å²) in [7, 11) is 0. The SMILES string of the molecule is Cc1cn2cc(-c3nc(C)no3)cc2c(C#Cc2ccccc2)n1. The Balaban J connectivity index is 1.84. The molecule has 0 atom stereocenters. The summed E-state index contributed by atoms with van der Waals surface area (Å²) in [4.78, 5) is 8.84. The molecule has 4 aromatic rings. The zero-order valence-corrected chi connectivity index (χ0v) is 13.3. The van der Waals surface area contributed by atoms with E-state index < -0.39 is 0 Å². The molecule has 4 rings (SSSR count). The van der Waals surface area contributed by atoms with Crippen LogP contribution in [0.15, 0.2) is 53.3 Å². The highest BCUT2D eigenvalue weighted by atomic mass is 16.5. The molecule has 0 saturated carbocycles. The number of rotatable bonds is 1. The van der Waals surface area contributed by atoms with E-state index in [-0.39, 0.29) is 0 Å². The van der Waals surface area contributed by atoms with Gasteiger partial charge in [0.25, 0.3) is 5.89 Å². The van der Waals surface area contributed by atoms with Crippen molar-refractivity contribution in [3.63, 3.8) is 0 Å². The minimum absolute atomic E-state index is 0.496. The molecule has 0 spiro atoms. The van der Waals surface area contributed by atoms with Gasteiger partial charge in [-0.1, -0.05) is 29.3 Å². The lowest BCUT2D eigenvalue weighted by atomic mass is 10.2. The third-order valence-corrected chi connectivity index (χ3v) is 3.58. The van der Waals surface area contributed by atoms with Gasteiger partial charge in [0.1, 0.15) is 5.69 Å². The molecule has 24 heavy (non-hydrogen) atoms. The molecule has 0 bridgehead atoms. The van der Waals surface area contributed by atoms with Gasteiger partial charge in [-0.2, -0.15) is 4.98 Å². The molecule has 0 unspecified atom stereocenters. The molecule has 0 amide bonds. The molecule has 5 heteroatoms. The Morgan fingerprint density at radius 2 is 1.83 bits per heavy atom. The maximum atomic E-state index is 5.25. The standard InChI is InChI=1S/C19H14N4O/c1-13-11-23-12-16(19-21-14(2)22-24-19)10-18(23)17(20-13)9-8-15-6-4-3-5-7-15/h3-7,10-12H,1-2H3. The zero-order valence-electron chi connectivity index (χ0n) is 13.3. The first-order valence-electron chi connectivity index (χ1n) is 7.56. The fourth-order valence-electron chi connectivity index (χ4n) is 2.52. The van der Waals surface area contributed by atoms with E-state index in [1.165, 1.54) is 0 Å². The number of aromatic nitrogens is 4. The molecule has 5 nitrogen and oxygen atoms in total. The minimum atomic E-state index is 0.496. The van der Waals surface area contributed by atoms with Crippen molar-refractivity contribution in [2.45, 2.75) is 13.8 Å². The predicted molar refractivity (Wildman–Crippen MR) is 90.4 cm³/mol. The van der Waals surface area contributed by atoms with E-state index in [0.717, 1.165) is 28.0 Å². The number of hydrogen-bond donors (Lipinski definition) is 0. The average molecular weight is 314 g/mol. The van der Waals surface area contributed by atoms with Gasteiger partial charge in [-0.15, -0.1) is 0 Å². The van der Waals surface area contributed by atoms with Crippen molar-refractivity contribution >= 4 is 5.52 Å². The Morgan fingerprint density at radius 3 is 2.58 bits per heavy atom. The van der Waals surface area contributed by atoms with Gasteiger partial charge < -0.3 is 8.92 Å². The number of nitrogens with zero attached hydrogens (tertiary/aromatic N) is 4. The minimum Gasteiger partial charge on any atom is -0.334 e. The number of fused-ring (bicyclic) bond motifs is 1. The summed E-state index contributed by atoms with van der Waals surface area (Å²) in [6, 6.07) is 11.8. The molecule has 3 aromatic heterocycles. The molecule has 0 aliphatic heterocycles. The Hall–Kier alpha value is -3.39. The lowest BCUT2D eigenvalue weighted by molar-refractivity contribution is 0.425. The number of hydrogen-bond acceptors (Lipinski definition) is 4.